The van der Waals surface area contributed by atoms with Crippen LogP contribution in [0.2, 0.25) is 5.02 Å². The number of hydrogen-bond donors (Lipinski definition) is 0. The normalized spacial score (nSPS) is 10.9. The number of thioether (sulfide) groups is 1. The lowest BCUT2D eigenvalue weighted by Gasteiger charge is -2.18. The van der Waals surface area contributed by atoms with Crippen molar-refractivity contribution in [1.29, 1.82) is 0 Å². The summed E-state index contributed by atoms with van der Waals surface area (Å²) < 4.78 is 15.9. The van der Waals surface area contributed by atoms with Gasteiger partial charge in [0.1, 0.15) is 5.82 Å². The lowest BCUT2D eigenvalue weighted by Crippen LogP contribution is -2.28. The molecule has 9 heteroatoms. The average molecular weight is 420 g/mol. The average Bonchev–Trinajstić information content (AvgIpc) is 3.12. The first-order valence-electron chi connectivity index (χ1n) is 8.64. The maximum Gasteiger partial charge on any atom is 0.233 e. The molecule has 1 amide bonds. The van der Waals surface area contributed by atoms with Gasteiger partial charge < -0.3 is 9.47 Å². The first-order valence-corrected chi connectivity index (χ1v) is 10.0. The Labute approximate surface area is 171 Å². The predicted octanol–water partition coefficient (Wildman–Crippen LogP) is 3.90. The van der Waals surface area contributed by atoms with Crippen molar-refractivity contribution in [2.45, 2.75) is 25.2 Å². The number of halogens is 2. The Kier molecular flexibility index (Phi) is 6.64. The number of rotatable bonds is 7. The Hall–Kier alpha value is -2.45. The second-order valence-electron chi connectivity index (χ2n) is 6.03. The maximum atomic E-state index is 13.9. The molecule has 0 radical (unpaired) electrons. The zero-order chi connectivity index (χ0) is 20.1. The summed E-state index contributed by atoms with van der Waals surface area (Å²) in [5.74, 6) is 0.316. The molecule has 28 heavy (non-hydrogen) atoms. The molecule has 1 aromatic carbocycles. The largest absolute Gasteiger partial charge is 0.341 e. The lowest BCUT2D eigenvalue weighted by atomic mass is 10.2. The first kappa shape index (κ1) is 20.3. The van der Waals surface area contributed by atoms with Crippen molar-refractivity contribution in [1.82, 2.24) is 24.6 Å². The summed E-state index contributed by atoms with van der Waals surface area (Å²) in [5, 5.41) is 9.41. The van der Waals surface area contributed by atoms with Gasteiger partial charge >= 0.3 is 0 Å². The molecule has 0 fully saturated rings. The van der Waals surface area contributed by atoms with Crippen molar-refractivity contribution in [3.8, 4) is 11.4 Å². The molecule has 0 bridgehead atoms. The minimum Gasteiger partial charge on any atom is -0.341 e. The number of amides is 1. The number of pyridine rings is 1. The molecule has 0 aliphatic rings. The minimum atomic E-state index is -0.424. The van der Waals surface area contributed by atoms with E-state index in [9.17, 15) is 9.18 Å². The van der Waals surface area contributed by atoms with Gasteiger partial charge in [0.25, 0.3) is 0 Å². The Morgan fingerprint density at radius 1 is 1.25 bits per heavy atom. The Balaban J connectivity index is 1.67. The number of carbonyl (C=O) groups excluding carboxylic acids is 1. The summed E-state index contributed by atoms with van der Waals surface area (Å²) in [6.45, 7) is 2.77. The van der Waals surface area contributed by atoms with Crippen LogP contribution in [0.25, 0.3) is 11.4 Å². The van der Waals surface area contributed by atoms with E-state index < -0.39 is 5.82 Å². The van der Waals surface area contributed by atoms with Crippen molar-refractivity contribution in [2.75, 3.05) is 12.8 Å². The first-order chi connectivity index (χ1) is 13.5. The van der Waals surface area contributed by atoms with E-state index in [1.165, 1.54) is 28.8 Å². The van der Waals surface area contributed by atoms with Crippen LogP contribution in [0.3, 0.4) is 0 Å². The standard InChI is InChI=1S/C19H19ClFN5OS/c1-3-26-18(13-7-9-22-10-8-13)23-24-19(26)28-12-17(27)25(2)11-14-15(20)5-4-6-16(14)21/h4-10H,3,11-12H2,1-2H3. The Morgan fingerprint density at radius 3 is 2.68 bits per heavy atom. The fourth-order valence-corrected chi connectivity index (χ4v) is 3.81. The van der Waals surface area contributed by atoms with Crippen LogP contribution in [0.5, 0.6) is 0 Å². The Morgan fingerprint density at radius 2 is 2.00 bits per heavy atom. The number of carbonyl (C=O) groups is 1. The van der Waals surface area contributed by atoms with Crippen LogP contribution in [-0.2, 0) is 17.9 Å². The zero-order valence-electron chi connectivity index (χ0n) is 15.5. The Bertz CT molecular complexity index is 946. The van der Waals surface area contributed by atoms with Gasteiger partial charge in [0.05, 0.1) is 5.75 Å². The molecule has 0 aliphatic heterocycles. The van der Waals surface area contributed by atoms with Gasteiger partial charge in [-0.1, -0.05) is 29.4 Å². The van der Waals surface area contributed by atoms with Crippen LogP contribution in [0, 0.1) is 5.82 Å². The molecule has 0 spiro atoms. The summed E-state index contributed by atoms with van der Waals surface area (Å²) in [5.41, 5.74) is 1.22. The highest BCUT2D eigenvalue weighted by atomic mass is 35.5. The second-order valence-corrected chi connectivity index (χ2v) is 7.37. The molecule has 2 aromatic heterocycles. The molecular weight excluding hydrogens is 401 g/mol. The molecule has 146 valence electrons. The smallest absolute Gasteiger partial charge is 0.233 e. The molecule has 0 atom stereocenters. The monoisotopic (exact) mass is 419 g/mol. The van der Waals surface area contributed by atoms with Gasteiger partial charge in [0.2, 0.25) is 5.91 Å². The van der Waals surface area contributed by atoms with E-state index in [4.69, 9.17) is 11.6 Å². The maximum absolute atomic E-state index is 13.9. The number of hydrogen-bond acceptors (Lipinski definition) is 5. The van der Waals surface area contributed by atoms with E-state index in [2.05, 4.69) is 15.2 Å². The van der Waals surface area contributed by atoms with Crippen LogP contribution < -0.4 is 0 Å². The topological polar surface area (TPSA) is 63.9 Å². The minimum absolute atomic E-state index is 0.105. The summed E-state index contributed by atoms with van der Waals surface area (Å²) in [4.78, 5) is 18.0. The zero-order valence-corrected chi connectivity index (χ0v) is 17.0. The molecular formula is C19H19ClFN5OS. The van der Waals surface area contributed by atoms with Crippen LogP contribution in [0.1, 0.15) is 12.5 Å². The summed E-state index contributed by atoms with van der Waals surface area (Å²) in [7, 11) is 1.62. The number of benzene rings is 1. The number of nitrogens with zero attached hydrogens (tertiary/aromatic N) is 5. The van der Waals surface area contributed by atoms with E-state index in [0.29, 0.717) is 22.3 Å². The van der Waals surface area contributed by atoms with Gasteiger partial charge in [-0.05, 0) is 31.2 Å². The third kappa shape index (κ3) is 4.51. The molecule has 0 saturated heterocycles. The lowest BCUT2D eigenvalue weighted by molar-refractivity contribution is -0.127. The van der Waals surface area contributed by atoms with E-state index in [1.807, 2.05) is 23.6 Å². The van der Waals surface area contributed by atoms with Crippen LogP contribution in [0.4, 0.5) is 4.39 Å². The molecule has 3 aromatic rings. The molecule has 0 aliphatic carbocycles. The van der Waals surface area contributed by atoms with Crippen molar-refractivity contribution in [3.63, 3.8) is 0 Å². The van der Waals surface area contributed by atoms with Crippen molar-refractivity contribution < 1.29 is 9.18 Å². The van der Waals surface area contributed by atoms with Gasteiger partial charge in [0, 0.05) is 48.7 Å². The second kappa shape index (κ2) is 9.16. The SMILES string of the molecule is CCn1c(SCC(=O)N(C)Cc2c(F)cccc2Cl)nnc1-c1ccncc1. The highest BCUT2D eigenvalue weighted by Gasteiger charge is 2.18. The van der Waals surface area contributed by atoms with Gasteiger partial charge in [-0.2, -0.15) is 0 Å². The molecule has 0 N–H and O–H groups in total. The van der Waals surface area contributed by atoms with Crippen LogP contribution in [0.15, 0.2) is 47.9 Å². The van der Waals surface area contributed by atoms with Gasteiger partial charge in [-0.15, -0.1) is 10.2 Å². The highest BCUT2D eigenvalue weighted by molar-refractivity contribution is 7.99. The van der Waals surface area contributed by atoms with E-state index in [-0.39, 0.29) is 18.2 Å². The highest BCUT2D eigenvalue weighted by Crippen LogP contribution is 2.24. The molecule has 3 rings (SSSR count). The van der Waals surface area contributed by atoms with E-state index in [1.54, 1.807) is 25.5 Å². The predicted molar refractivity (Wildman–Crippen MR) is 108 cm³/mol. The van der Waals surface area contributed by atoms with Gasteiger partial charge in [-0.25, -0.2) is 4.39 Å². The summed E-state index contributed by atoms with van der Waals surface area (Å²) in [6.07, 6.45) is 3.40. The van der Waals surface area contributed by atoms with Crippen molar-refractivity contribution in [2.24, 2.45) is 0 Å². The summed E-state index contributed by atoms with van der Waals surface area (Å²) in [6, 6.07) is 8.20. The fraction of sp³-hybridized carbons (Fsp3) is 0.263. The molecule has 6 nitrogen and oxygen atoms in total. The van der Waals surface area contributed by atoms with Crippen LogP contribution in [-0.4, -0.2) is 43.4 Å². The van der Waals surface area contributed by atoms with Crippen molar-refractivity contribution >= 4 is 29.3 Å². The van der Waals surface area contributed by atoms with E-state index >= 15 is 0 Å². The summed E-state index contributed by atoms with van der Waals surface area (Å²) >= 11 is 7.34. The van der Waals surface area contributed by atoms with Crippen LogP contribution >= 0.6 is 23.4 Å². The quantitative estimate of drug-likeness (QED) is 0.543. The molecule has 0 unspecified atom stereocenters. The van der Waals surface area contributed by atoms with E-state index in [0.717, 1.165) is 11.4 Å². The number of aromatic nitrogens is 4. The fourth-order valence-electron chi connectivity index (χ4n) is 2.64. The molecule has 2 heterocycles. The molecule has 0 saturated carbocycles. The third-order valence-corrected chi connectivity index (χ3v) is 5.48. The van der Waals surface area contributed by atoms with Crippen molar-refractivity contribution in [3.05, 3.63) is 59.1 Å². The van der Waals surface area contributed by atoms with Gasteiger partial charge in [-0.3, -0.25) is 9.78 Å². The third-order valence-electron chi connectivity index (χ3n) is 4.18. The van der Waals surface area contributed by atoms with Gasteiger partial charge in [0.15, 0.2) is 11.0 Å².